The zero-order chi connectivity index (χ0) is 16.8. The van der Waals surface area contributed by atoms with E-state index in [1.165, 1.54) is 27.7 Å². The molecule has 0 heterocycles. The van der Waals surface area contributed by atoms with Gasteiger partial charge in [0.05, 0.1) is 0 Å². The minimum absolute atomic E-state index is 0.211. The SMILES string of the molecule is CC(C)(C(=O)NCCCNC(=O)C(C)(C)S(=O)O)S(=O)O. The van der Waals surface area contributed by atoms with Crippen molar-refractivity contribution in [3.8, 4) is 0 Å². The summed E-state index contributed by atoms with van der Waals surface area (Å²) in [5.41, 5.74) is 0. The smallest absolute Gasteiger partial charge is 0.240 e. The second-order valence-corrected chi connectivity index (χ2v) is 8.42. The Morgan fingerprint density at radius 1 is 0.857 bits per heavy atom. The van der Waals surface area contributed by atoms with Gasteiger partial charge in [-0.05, 0) is 34.1 Å². The molecular formula is C11H22N2O6S2. The van der Waals surface area contributed by atoms with Gasteiger partial charge in [0.15, 0.2) is 22.2 Å². The van der Waals surface area contributed by atoms with Crippen molar-refractivity contribution in [1.29, 1.82) is 0 Å². The lowest BCUT2D eigenvalue weighted by Crippen LogP contribution is -2.47. The molecule has 0 aromatic rings. The molecule has 4 N–H and O–H groups in total. The Labute approximate surface area is 129 Å². The van der Waals surface area contributed by atoms with Crippen LogP contribution in [0, 0.1) is 0 Å². The Balaban J connectivity index is 4.09. The predicted molar refractivity (Wildman–Crippen MR) is 80.3 cm³/mol. The standard InChI is InChI=1S/C11H22N2O6S2/c1-10(2,20(16)17)8(14)12-6-5-7-13-9(15)11(3,4)21(18)19/h5-7H2,1-4H3,(H,12,14)(H,13,15)(H,16,17)(H,18,19). The highest BCUT2D eigenvalue weighted by Crippen LogP contribution is 2.11. The second kappa shape index (κ2) is 7.97. The van der Waals surface area contributed by atoms with Gasteiger partial charge in [-0.15, -0.1) is 0 Å². The van der Waals surface area contributed by atoms with Crippen molar-refractivity contribution in [3.63, 3.8) is 0 Å². The van der Waals surface area contributed by atoms with Gasteiger partial charge in [0, 0.05) is 13.1 Å². The molecule has 2 atom stereocenters. The molecule has 2 amide bonds. The van der Waals surface area contributed by atoms with Crippen LogP contribution >= 0.6 is 0 Å². The minimum Gasteiger partial charge on any atom is -0.355 e. The Hall–Kier alpha value is -0.840. The molecule has 0 aromatic carbocycles. The van der Waals surface area contributed by atoms with E-state index in [4.69, 9.17) is 9.11 Å². The average Bonchev–Trinajstić information content (AvgIpc) is 2.36. The number of nitrogens with one attached hydrogen (secondary N) is 2. The largest absolute Gasteiger partial charge is 0.355 e. The van der Waals surface area contributed by atoms with E-state index in [2.05, 4.69) is 10.6 Å². The molecule has 10 heteroatoms. The molecule has 0 radical (unpaired) electrons. The summed E-state index contributed by atoms with van der Waals surface area (Å²) in [6.07, 6.45) is 0.389. The van der Waals surface area contributed by atoms with Crippen LogP contribution in [-0.2, 0) is 31.7 Å². The summed E-state index contributed by atoms with van der Waals surface area (Å²) in [4.78, 5) is 23.3. The van der Waals surface area contributed by atoms with Gasteiger partial charge < -0.3 is 19.7 Å². The highest BCUT2D eigenvalue weighted by molar-refractivity contribution is 7.81. The Kier molecular flexibility index (Phi) is 7.65. The van der Waals surface area contributed by atoms with E-state index in [1.54, 1.807) is 0 Å². The third-order valence-electron chi connectivity index (χ3n) is 2.89. The molecule has 0 aliphatic heterocycles. The Bertz CT molecular complexity index is 410. The second-order valence-electron chi connectivity index (χ2n) is 5.38. The van der Waals surface area contributed by atoms with Crippen LogP contribution < -0.4 is 10.6 Å². The highest BCUT2D eigenvalue weighted by Gasteiger charge is 2.34. The third-order valence-corrected chi connectivity index (χ3v) is 5.01. The Morgan fingerprint density at radius 2 is 1.14 bits per heavy atom. The number of rotatable bonds is 8. The predicted octanol–water partition coefficient (Wildman–Crippen LogP) is -0.390. The quantitative estimate of drug-likeness (QED) is 0.351. The van der Waals surface area contributed by atoms with Crippen LogP contribution in [0.1, 0.15) is 34.1 Å². The van der Waals surface area contributed by atoms with Crippen LogP contribution in [0.25, 0.3) is 0 Å². The first-order valence-electron chi connectivity index (χ1n) is 6.22. The van der Waals surface area contributed by atoms with Crippen molar-refractivity contribution in [2.75, 3.05) is 13.1 Å². The molecule has 0 saturated heterocycles. The first-order chi connectivity index (χ1) is 9.44. The number of hydrogen-bond acceptors (Lipinski definition) is 4. The maximum Gasteiger partial charge on any atom is 0.240 e. The van der Waals surface area contributed by atoms with Gasteiger partial charge >= 0.3 is 0 Å². The van der Waals surface area contributed by atoms with E-state index >= 15 is 0 Å². The molecule has 0 aliphatic rings. The average molecular weight is 342 g/mol. The number of hydrogen-bond donors (Lipinski definition) is 4. The van der Waals surface area contributed by atoms with Crippen LogP contribution in [-0.4, -0.2) is 51.9 Å². The van der Waals surface area contributed by atoms with Crippen molar-refractivity contribution in [1.82, 2.24) is 10.6 Å². The zero-order valence-corrected chi connectivity index (χ0v) is 14.1. The summed E-state index contributed by atoms with van der Waals surface area (Å²) < 4.78 is 37.0. The van der Waals surface area contributed by atoms with E-state index in [-0.39, 0.29) is 13.1 Å². The summed E-state index contributed by atoms with van der Waals surface area (Å²) in [6.45, 7) is 5.81. The van der Waals surface area contributed by atoms with Crippen molar-refractivity contribution in [2.45, 2.75) is 43.6 Å². The van der Waals surface area contributed by atoms with Crippen LogP contribution in [0.3, 0.4) is 0 Å². The zero-order valence-electron chi connectivity index (χ0n) is 12.5. The van der Waals surface area contributed by atoms with Crippen LogP contribution in [0.5, 0.6) is 0 Å². The van der Waals surface area contributed by atoms with Crippen LogP contribution in [0.15, 0.2) is 0 Å². The number of amides is 2. The molecule has 0 fully saturated rings. The summed E-state index contributed by atoms with van der Waals surface area (Å²) in [6, 6.07) is 0. The fraction of sp³-hybridized carbons (Fsp3) is 0.818. The molecule has 2 unspecified atom stereocenters. The molecule has 0 aliphatic carbocycles. The lowest BCUT2D eigenvalue weighted by atomic mass is 10.2. The molecule has 0 rings (SSSR count). The van der Waals surface area contributed by atoms with E-state index < -0.39 is 43.5 Å². The maximum atomic E-state index is 11.6. The van der Waals surface area contributed by atoms with Gasteiger partial charge in [-0.3, -0.25) is 9.59 Å². The lowest BCUT2D eigenvalue weighted by Gasteiger charge is -2.20. The maximum absolute atomic E-state index is 11.6. The molecular weight excluding hydrogens is 320 g/mol. The van der Waals surface area contributed by atoms with Crippen molar-refractivity contribution < 1.29 is 27.1 Å². The first kappa shape index (κ1) is 20.2. The highest BCUT2D eigenvalue weighted by atomic mass is 32.2. The molecule has 0 bridgehead atoms. The van der Waals surface area contributed by atoms with Crippen LogP contribution in [0.4, 0.5) is 0 Å². The van der Waals surface area contributed by atoms with Gasteiger partial charge in [-0.25, -0.2) is 8.42 Å². The molecule has 0 spiro atoms. The van der Waals surface area contributed by atoms with Crippen molar-refractivity contribution >= 4 is 34.0 Å². The van der Waals surface area contributed by atoms with Crippen LogP contribution in [0.2, 0.25) is 0 Å². The fourth-order valence-corrected chi connectivity index (χ4v) is 1.54. The minimum atomic E-state index is -2.28. The number of carbonyl (C=O) groups excluding carboxylic acids is 2. The van der Waals surface area contributed by atoms with E-state index in [0.29, 0.717) is 6.42 Å². The lowest BCUT2D eigenvalue weighted by molar-refractivity contribution is -0.123. The molecule has 124 valence electrons. The third kappa shape index (κ3) is 5.81. The van der Waals surface area contributed by atoms with Gasteiger partial charge in [0.2, 0.25) is 11.8 Å². The summed E-state index contributed by atoms with van der Waals surface area (Å²) in [5.74, 6) is -1.13. The van der Waals surface area contributed by atoms with Gasteiger partial charge in [-0.1, -0.05) is 0 Å². The van der Waals surface area contributed by atoms with Crippen molar-refractivity contribution in [2.24, 2.45) is 0 Å². The molecule has 0 saturated carbocycles. The van der Waals surface area contributed by atoms with E-state index in [1.807, 2.05) is 0 Å². The molecule has 21 heavy (non-hydrogen) atoms. The normalized spacial score (nSPS) is 15.1. The van der Waals surface area contributed by atoms with E-state index in [0.717, 1.165) is 0 Å². The summed E-state index contributed by atoms with van der Waals surface area (Å²) in [7, 11) is 0. The van der Waals surface area contributed by atoms with Gasteiger partial charge in [0.1, 0.15) is 9.49 Å². The monoisotopic (exact) mass is 342 g/mol. The van der Waals surface area contributed by atoms with E-state index in [9.17, 15) is 18.0 Å². The van der Waals surface area contributed by atoms with Crippen molar-refractivity contribution in [3.05, 3.63) is 0 Å². The topological polar surface area (TPSA) is 133 Å². The van der Waals surface area contributed by atoms with Gasteiger partial charge in [-0.2, -0.15) is 0 Å². The first-order valence-corrected chi connectivity index (χ1v) is 8.44. The summed E-state index contributed by atoms with van der Waals surface area (Å²) in [5, 5.41) is 4.97. The molecule has 0 aromatic heterocycles. The van der Waals surface area contributed by atoms with Gasteiger partial charge in [0.25, 0.3) is 0 Å². The Morgan fingerprint density at radius 3 is 1.38 bits per heavy atom. The fourth-order valence-electron chi connectivity index (χ4n) is 1.08. The summed E-state index contributed by atoms with van der Waals surface area (Å²) >= 11 is -4.56. The number of carbonyl (C=O) groups is 2. The molecule has 8 nitrogen and oxygen atoms in total.